The number of nitrogens with zero attached hydrogens (tertiary/aromatic N) is 1. The molecule has 0 aliphatic carbocycles. The molecule has 92 valence electrons. The van der Waals surface area contributed by atoms with Crippen molar-refractivity contribution in [3.8, 4) is 0 Å². The molecule has 4 N–H and O–H groups in total. The number of benzene rings is 1. The van der Waals surface area contributed by atoms with E-state index in [-0.39, 0.29) is 19.0 Å². The molecular formula is C11H15N3O3. The summed E-state index contributed by atoms with van der Waals surface area (Å²) >= 11 is 0. The molecule has 0 aliphatic heterocycles. The summed E-state index contributed by atoms with van der Waals surface area (Å²) in [6.07, 6.45) is -0.137. The number of nitrogen functional groups attached to an aromatic ring is 1. The summed E-state index contributed by atoms with van der Waals surface area (Å²) in [5.41, 5.74) is 6.69. The third-order valence-corrected chi connectivity index (χ3v) is 2.24. The maximum atomic E-state index is 11.6. The Hall–Kier alpha value is -2.24. The smallest absolute Gasteiger partial charge is 0.321 e. The first-order valence-electron chi connectivity index (χ1n) is 5.11. The van der Waals surface area contributed by atoms with Crippen LogP contribution in [0.1, 0.15) is 6.42 Å². The van der Waals surface area contributed by atoms with Gasteiger partial charge in [-0.15, -0.1) is 0 Å². The second-order valence-corrected chi connectivity index (χ2v) is 3.41. The van der Waals surface area contributed by atoms with E-state index in [1.54, 1.807) is 24.3 Å². The van der Waals surface area contributed by atoms with Crippen LogP contribution >= 0.6 is 0 Å². The average molecular weight is 237 g/mol. The van der Waals surface area contributed by atoms with E-state index < -0.39 is 5.97 Å². The van der Waals surface area contributed by atoms with Crippen molar-refractivity contribution in [2.45, 2.75) is 6.42 Å². The van der Waals surface area contributed by atoms with Crippen molar-refractivity contribution >= 4 is 23.4 Å². The van der Waals surface area contributed by atoms with Gasteiger partial charge >= 0.3 is 12.0 Å². The van der Waals surface area contributed by atoms with E-state index in [0.29, 0.717) is 11.4 Å². The van der Waals surface area contributed by atoms with Gasteiger partial charge in [0.25, 0.3) is 0 Å². The summed E-state index contributed by atoms with van der Waals surface area (Å²) in [6.45, 7) is 0.0726. The van der Waals surface area contributed by atoms with Crippen LogP contribution < -0.4 is 16.0 Å². The van der Waals surface area contributed by atoms with E-state index in [2.05, 4.69) is 5.32 Å². The molecule has 1 aromatic carbocycles. The van der Waals surface area contributed by atoms with Crippen molar-refractivity contribution in [3.63, 3.8) is 0 Å². The molecular weight excluding hydrogens is 222 g/mol. The van der Waals surface area contributed by atoms with E-state index in [9.17, 15) is 9.59 Å². The van der Waals surface area contributed by atoms with E-state index in [1.807, 2.05) is 0 Å². The number of amides is 2. The third kappa shape index (κ3) is 3.37. The summed E-state index contributed by atoms with van der Waals surface area (Å²) < 4.78 is 0. The number of carboxylic acid groups (broad SMARTS) is 1. The average Bonchev–Trinajstić information content (AvgIpc) is 2.30. The Kier molecular flexibility index (Phi) is 4.33. The van der Waals surface area contributed by atoms with E-state index in [4.69, 9.17) is 10.8 Å². The zero-order valence-electron chi connectivity index (χ0n) is 9.51. The molecule has 0 atom stereocenters. The Morgan fingerprint density at radius 3 is 2.59 bits per heavy atom. The van der Waals surface area contributed by atoms with Gasteiger partial charge in [0.05, 0.1) is 17.8 Å². The lowest BCUT2D eigenvalue weighted by Gasteiger charge is -2.22. The molecule has 17 heavy (non-hydrogen) atoms. The third-order valence-electron chi connectivity index (χ3n) is 2.24. The van der Waals surface area contributed by atoms with Crippen LogP contribution in [-0.4, -0.2) is 30.7 Å². The van der Waals surface area contributed by atoms with Gasteiger partial charge in [0.15, 0.2) is 0 Å². The topological polar surface area (TPSA) is 95.7 Å². The van der Waals surface area contributed by atoms with Gasteiger partial charge in [-0.3, -0.25) is 9.69 Å². The molecule has 0 radical (unpaired) electrons. The maximum Gasteiger partial charge on any atom is 0.321 e. The van der Waals surface area contributed by atoms with Crippen LogP contribution in [-0.2, 0) is 4.79 Å². The van der Waals surface area contributed by atoms with Gasteiger partial charge in [-0.1, -0.05) is 12.1 Å². The summed E-state index contributed by atoms with van der Waals surface area (Å²) in [5.74, 6) is -0.964. The van der Waals surface area contributed by atoms with Gasteiger partial charge < -0.3 is 16.2 Å². The standard InChI is InChI=1S/C11H15N3O3/c1-13-11(17)14(7-6-10(15)16)9-5-3-2-4-8(9)12/h2-5H,6-7,12H2,1H3,(H,13,17)(H,15,16). The highest BCUT2D eigenvalue weighted by Gasteiger charge is 2.17. The Morgan fingerprint density at radius 1 is 1.41 bits per heavy atom. The largest absolute Gasteiger partial charge is 0.481 e. The highest BCUT2D eigenvalue weighted by atomic mass is 16.4. The highest BCUT2D eigenvalue weighted by Crippen LogP contribution is 2.22. The molecule has 0 saturated carbocycles. The Labute approximate surface area is 99.0 Å². The number of nitrogens with one attached hydrogen (secondary N) is 1. The lowest BCUT2D eigenvalue weighted by atomic mass is 10.2. The van der Waals surface area contributed by atoms with Crippen molar-refractivity contribution in [2.75, 3.05) is 24.2 Å². The van der Waals surface area contributed by atoms with Gasteiger partial charge in [-0.2, -0.15) is 0 Å². The van der Waals surface area contributed by atoms with Crippen LogP contribution in [0.5, 0.6) is 0 Å². The molecule has 1 rings (SSSR count). The molecule has 6 nitrogen and oxygen atoms in total. The minimum absolute atomic E-state index is 0.0726. The number of rotatable bonds is 4. The summed E-state index contributed by atoms with van der Waals surface area (Å²) in [4.78, 5) is 23.5. The summed E-state index contributed by atoms with van der Waals surface area (Å²) in [6, 6.07) is 6.43. The Balaban J connectivity index is 2.94. The van der Waals surface area contributed by atoms with Crippen molar-refractivity contribution in [1.29, 1.82) is 0 Å². The number of carbonyl (C=O) groups is 2. The van der Waals surface area contributed by atoms with Crippen LogP contribution in [0.15, 0.2) is 24.3 Å². The lowest BCUT2D eigenvalue weighted by molar-refractivity contribution is -0.136. The van der Waals surface area contributed by atoms with Crippen molar-refractivity contribution in [1.82, 2.24) is 5.32 Å². The van der Waals surface area contributed by atoms with Gasteiger partial charge in [0.1, 0.15) is 0 Å². The second-order valence-electron chi connectivity index (χ2n) is 3.41. The minimum atomic E-state index is -0.964. The van der Waals surface area contributed by atoms with Crippen LogP contribution in [0, 0.1) is 0 Å². The molecule has 0 heterocycles. The van der Waals surface area contributed by atoms with Crippen molar-refractivity contribution in [2.24, 2.45) is 0 Å². The summed E-state index contributed by atoms with van der Waals surface area (Å²) in [7, 11) is 1.48. The van der Waals surface area contributed by atoms with Crippen LogP contribution in [0.2, 0.25) is 0 Å². The Bertz CT molecular complexity index is 420. The zero-order chi connectivity index (χ0) is 12.8. The van der Waals surface area contributed by atoms with Gasteiger partial charge in [0, 0.05) is 13.6 Å². The molecule has 0 unspecified atom stereocenters. The van der Waals surface area contributed by atoms with Crippen molar-refractivity contribution in [3.05, 3.63) is 24.3 Å². The van der Waals surface area contributed by atoms with E-state index in [1.165, 1.54) is 11.9 Å². The molecule has 0 saturated heterocycles. The first kappa shape index (κ1) is 12.8. The maximum absolute atomic E-state index is 11.6. The Morgan fingerprint density at radius 2 is 2.06 bits per heavy atom. The quantitative estimate of drug-likeness (QED) is 0.677. The SMILES string of the molecule is CNC(=O)N(CCC(=O)O)c1ccccc1N. The van der Waals surface area contributed by atoms with Crippen molar-refractivity contribution < 1.29 is 14.7 Å². The summed E-state index contributed by atoms with van der Waals surface area (Å²) in [5, 5.41) is 11.1. The number of carbonyl (C=O) groups excluding carboxylic acids is 1. The normalized spacial score (nSPS) is 9.71. The van der Waals surface area contributed by atoms with Crippen LogP contribution in [0.4, 0.5) is 16.2 Å². The number of anilines is 2. The van der Waals surface area contributed by atoms with Gasteiger partial charge in [-0.25, -0.2) is 4.79 Å². The fourth-order valence-electron chi connectivity index (χ4n) is 1.41. The fraction of sp³-hybridized carbons (Fsp3) is 0.273. The number of hydrogen-bond acceptors (Lipinski definition) is 3. The fourth-order valence-corrected chi connectivity index (χ4v) is 1.41. The number of nitrogens with two attached hydrogens (primary N) is 1. The number of hydrogen-bond donors (Lipinski definition) is 3. The molecule has 1 aromatic rings. The molecule has 0 spiro atoms. The number of urea groups is 1. The monoisotopic (exact) mass is 237 g/mol. The molecule has 0 bridgehead atoms. The highest BCUT2D eigenvalue weighted by molar-refractivity contribution is 5.95. The molecule has 0 aromatic heterocycles. The number of aliphatic carboxylic acids is 1. The number of para-hydroxylation sites is 2. The predicted octanol–water partition coefficient (Wildman–Crippen LogP) is 0.889. The van der Waals surface area contributed by atoms with Crippen LogP contribution in [0.3, 0.4) is 0 Å². The second kappa shape index (κ2) is 5.74. The van der Waals surface area contributed by atoms with Gasteiger partial charge in [0.2, 0.25) is 0 Å². The molecule has 0 aliphatic rings. The molecule has 6 heteroatoms. The number of carboxylic acids is 1. The van der Waals surface area contributed by atoms with E-state index >= 15 is 0 Å². The first-order valence-corrected chi connectivity index (χ1v) is 5.11. The van der Waals surface area contributed by atoms with Gasteiger partial charge in [-0.05, 0) is 12.1 Å². The lowest BCUT2D eigenvalue weighted by Crippen LogP contribution is -2.39. The minimum Gasteiger partial charge on any atom is -0.481 e. The van der Waals surface area contributed by atoms with Crippen LogP contribution in [0.25, 0.3) is 0 Å². The zero-order valence-corrected chi connectivity index (χ0v) is 9.51. The molecule has 0 fully saturated rings. The predicted molar refractivity (Wildman–Crippen MR) is 64.9 cm³/mol. The molecule has 2 amide bonds. The first-order chi connectivity index (χ1) is 8.06. The van der Waals surface area contributed by atoms with E-state index in [0.717, 1.165) is 0 Å².